The van der Waals surface area contributed by atoms with Gasteiger partial charge >= 0.3 is 0 Å². The molecule has 0 fully saturated rings. The van der Waals surface area contributed by atoms with Crippen LogP contribution in [0.3, 0.4) is 0 Å². The van der Waals surface area contributed by atoms with Crippen molar-refractivity contribution in [2.45, 2.75) is 65.5 Å². The van der Waals surface area contributed by atoms with Gasteiger partial charge in [0.05, 0.1) is 0 Å². The third-order valence-electron chi connectivity index (χ3n) is 4.23. The fourth-order valence-corrected chi connectivity index (χ4v) is 2.38. The second-order valence-electron chi connectivity index (χ2n) is 5.42. The molecule has 0 aromatic heterocycles. The van der Waals surface area contributed by atoms with Gasteiger partial charge in [-0.2, -0.15) is 0 Å². The van der Waals surface area contributed by atoms with Gasteiger partial charge in [-0.05, 0) is 46.3 Å². The molecule has 0 amide bonds. The zero-order valence-electron chi connectivity index (χ0n) is 12.4. The second kappa shape index (κ2) is 7.29. The van der Waals surface area contributed by atoms with E-state index >= 15 is 0 Å². The highest BCUT2D eigenvalue weighted by Gasteiger charge is 2.36. The van der Waals surface area contributed by atoms with E-state index in [1.165, 1.54) is 19.3 Å². The van der Waals surface area contributed by atoms with Crippen LogP contribution in [0.1, 0.15) is 53.9 Å². The van der Waals surface area contributed by atoms with Crippen molar-refractivity contribution >= 4 is 0 Å². The van der Waals surface area contributed by atoms with Crippen LogP contribution in [-0.4, -0.2) is 37.1 Å². The molecule has 0 spiro atoms. The lowest BCUT2D eigenvalue weighted by Crippen LogP contribution is -2.59. The predicted octanol–water partition coefficient (Wildman–Crippen LogP) is 3.13. The van der Waals surface area contributed by atoms with E-state index in [1.807, 2.05) is 0 Å². The minimum absolute atomic E-state index is 0.255. The van der Waals surface area contributed by atoms with Gasteiger partial charge in [0.15, 0.2) is 0 Å². The van der Waals surface area contributed by atoms with E-state index in [4.69, 9.17) is 0 Å². The highest BCUT2D eigenvalue weighted by atomic mass is 15.2. The summed E-state index contributed by atoms with van der Waals surface area (Å²) in [5.41, 5.74) is 0.255. The first-order chi connectivity index (χ1) is 7.43. The lowest BCUT2D eigenvalue weighted by Gasteiger charge is -2.46. The van der Waals surface area contributed by atoms with Gasteiger partial charge in [-0.25, -0.2) is 0 Å². The Morgan fingerprint density at radius 3 is 2.06 bits per heavy atom. The SMILES string of the molecule is CCCNC(C(C)CC)C(C)(CC)N(C)C. The van der Waals surface area contributed by atoms with Crippen LogP contribution >= 0.6 is 0 Å². The third kappa shape index (κ3) is 3.74. The van der Waals surface area contributed by atoms with Crippen molar-refractivity contribution in [2.75, 3.05) is 20.6 Å². The van der Waals surface area contributed by atoms with Crippen LogP contribution in [0.25, 0.3) is 0 Å². The van der Waals surface area contributed by atoms with Crippen LogP contribution in [0.5, 0.6) is 0 Å². The molecule has 0 heterocycles. The van der Waals surface area contributed by atoms with Crippen molar-refractivity contribution in [2.24, 2.45) is 5.92 Å². The van der Waals surface area contributed by atoms with Crippen LogP contribution in [0.2, 0.25) is 0 Å². The van der Waals surface area contributed by atoms with E-state index in [-0.39, 0.29) is 5.54 Å². The molecule has 2 heteroatoms. The largest absolute Gasteiger partial charge is 0.312 e. The fraction of sp³-hybridized carbons (Fsp3) is 1.00. The Kier molecular flexibility index (Phi) is 7.25. The van der Waals surface area contributed by atoms with E-state index in [0.29, 0.717) is 6.04 Å². The van der Waals surface area contributed by atoms with Gasteiger partial charge in [0.2, 0.25) is 0 Å². The maximum atomic E-state index is 3.75. The zero-order chi connectivity index (χ0) is 12.8. The average Bonchev–Trinajstić information content (AvgIpc) is 2.28. The molecule has 0 aliphatic carbocycles. The van der Waals surface area contributed by atoms with Gasteiger partial charge in [-0.15, -0.1) is 0 Å². The summed E-state index contributed by atoms with van der Waals surface area (Å²) in [5.74, 6) is 0.721. The van der Waals surface area contributed by atoms with Crippen LogP contribution < -0.4 is 5.32 Å². The molecule has 16 heavy (non-hydrogen) atoms. The van der Waals surface area contributed by atoms with Gasteiger partial charge in [-0.3, -0.25) is 0 Å². The van der Waals surface area contributed by atoms with E-state index in [2.05, 4.69) is 58.9 Å². The Hall–Kier alpha value is -0.0800. The Bertz CT molecular complexity index is 180. The second-order valence-corrected chi connectivity index (χ2v) is 5.42. The summed E-state index contributed by atoms with van der Waals surface area (Å²) < 4.78 is 0. The summed E-state index contributed by atoms with van der Waals surface area (Å²) >= 11 is 0. The van der Waals surface area contributed by atoms with E-state index in [0.717, 1.165) is 12.5 Å². The molecule has 3 atom stereocenters. The summed E-state index contributed by atoms with van der Waals surface area (Å²) in [7, 11) is 4.40. The lowest BCUT2D eigenvalue weighted by molar-refractivity contribution is 0.0835. The summed E-state index contributed by atoms with van der Waals surface area (Å²) in [6.07, 6.45) is 3.64. The van der Waals surface area contributed by atoms with Crippen molar-refractivity contribution in [1.82, 2.24) is 10.2 Å². The predicted molar refractivity (Wildman–Crippen MR) is 73.9 cm³/mol. The number of likely N-dealkylation sites (N-methyl/N-ethyl adjacent to an activating group) is 1. The molecule has 0 aliphatic rings. The maximum Gasteiger partial charge on any atom is 0.0328 e. The number of hydrogen-bond donors (Lipinski definition) is 1. The number of nitrogens with zero attached hydrogens (tertiary/aromatic N) is 1. The average molecular weight is 228 g/mol. The smallest absolute Gasteiger partial charge is 0.0328 e. The topological polar surface area (TPSA) is 15.3 Å². The zero-order valence-corrected chi connectivity index (χ0v) is 12.4. The van der Waals surface area contributed by atoms with E-state index in [1.54, 1.807) is 0 Å². The molecule has 98 valence electrons. The Morgan fingerprint density at radius 1 is 1.19 bits per heavy atom. The Labute approximate surface area is 103 Å². The number of hydrogen-bond acceptors (Lipinski definition) is 2. The molecule has 0 aromatic carbocycles. The highest BCUT2D eigenvalue weighted by Crippen LogP contribution is 2.27. The van der Waals surface area contributed by atoms with Crippen molar-refractivity contribution in [3.63, 3.8) is 0 Å². The van der Waals surface area contributed by atoms with Gasteiger partial charge < -0.3 is 10.2 Å². The molecule has 0 saturated carbocycles. The summed E-state index contributed by atoms with van der Waals surface area (Å²) in [5, 5.41) is 3.75. The van der Waals surface area contributed by atoms with Crippen molar-refractivity contribution in [3.8, 4) is 0 Å². The highest BCUT2D eigenvalue weighted by molar-refractivity contribution is 4.96. The summed E-state index contributed by atoms with van der Waals surface area (Å²) in [6, 6.07) is 0.581. The summed E-state index contributed by atoms with van der Waals surface area (Å²) in [4.78, 5) is 2.38. The van der Waals surface area contributed by atoms with Gasteiger partial charge in [0.1, 0.15) is 0 Å². The molecule has 3 unspecified atom stereocenters. The maximum absolute atomic E-state index is 3.75. The first-order valence-electron chi connectivity index (χ1n) is 6.84. The minimum Gasteiger partial charge on any atom is -0.312 e. The number of nitrogens with one attached hydrogen (secondary N) is 1. The van der Waals surface area contributed by atoms with Crippen LogP contribution in [-0.2, 0) is 0 Å². The molecule has 0 rings (SSSR count). The van der Waals surface area contributed by atoms with Crippen LogP contribution in [0.4, 0.5) is 0 Å². The molecular formula is C14H32N2. The molecule has 1 N–H and O–H groups in total. The van der Waals surface area contributed by atoms with Gasteiger partial charge in [0.25, 0.3) is 0 Å². The Balaban J connectivity index is 4.82. The molecular weight excluding hydrogens is 196 g/mol. The molecule has 2 nitrogen and oxygen atoms in total. The third-order valence-corrected chi connectivity index (χ3v) is 4.23. The minimum atomic E-state index is 0.255. The quantitative estimate of drug-likeness (QED) is 0.686. The van der Waals surface area contributed by atoms with Crippen molar-refractivity contribution < 1.29 is 0 Å². The monoisotopic (exact) mass is 228 g/mol. The number of rotatable bonds is 8. The van der Waals surface area contributed by atoms with Crippen molar-refractivity contribution in [1.29, 1.82) is 0 Å². The molecule has 0 bridgehead atoms. The standard InChI is InChI=1S/C14H32N2/c1-8-11-15-13(12(4)9-2)14(5,10-3)16(6)7/h12-13,15H,8-11H2,1-7H3. The molecule has 0 saturated heterocycles. The lowest BCUT2D eigenvalue weighted by atomic mass is 9.79. The van der Waals surface area contributed by atoms with E-state index in [9.17, 15) is 0 Å². The fourth-order valence-electron chi connectivity index (χ4n) is 2.38. The normalized spacial score (nSPS) is 19.5. The first-order valence-corrected chi connectivity index (χ1v) is 6.84. The van der Waals surface area contributed by atoms with E-state index < -0.39 is 0 Å². The van der Waals surface area contributed by atoms with Crippen LogP contribution in [0, 0.1) is 5.92 Å². The first kappa shape index (κ1) is 15.9. The molecule has 0 radical (unpaired) electrons. The molecule has 0 aliphatic heterocycles. The Morgan fingerprint density at radius 2 is 1.75 bits per heavy atom. The molecule has 0 aromatic rings. The van der Waals surface area contributed by atoms with Crippen molar-refractivity contribution in [3.05, 3.63) is 0 Å². The van der Waals surface area contributed by atoms with Gasteiger partial charge in [0, 0.05) is 11.6 Å². The van der Waals surface area contributed by atoms with Crippen LogP contribution in [0.15, 0.2) is 0 Å². The van der Waals surface area contributed by atoms with Gasteiger partial charge in [-0.1, -0.05) is 34.1 Å². The summed E-state index contributed by atoms with van der Waals surface area (Å²) in [6.45, 7) is 12.7.